The quantitative estimate of drug-likeness (QED) is 0.859. The summed E-state index contributed by atoms with van der Waals surface area (Å²) in [5.74, 6) is 0.292. The molecule has 2 rings (SSSR count). The maximum Gasteiger partial charge on any atom is 0.284 e. The van der Waals surface area contributed by atoms with Crippen LogP contribution < -0.4 is 5.56 Å². The molecule has 0 unspecified atom stereocenters. The van der Waals surface area contributed by atoms with E-state index < -0.39 is 0 Å². The maximum absolute atomic E-state index is 12.1. The van der Waals surface area contributed by atoms with Gasteiger partial charge in [0.2, 0.25) is 0 Å². The van der Waals surface area contributed by atoms with Crippen LogP contribution in [0, 0.1) is 24.2 Å². The van der Waals surface area contributed by atoms with E-state index in [4.69, 9.17) is 5.26 Å². The Bertz CT molecular complexity index is 706. The van der Waals surface area contributed by atoms with E-state index in [1.807, 2.05) is 51.1 Å². The monoisotopic (exact) mass is 267 g/mol. The fraction of sp³-hybridized carbons (Fsp3) is 0.312. The van der Waals surface area contributed by atoms with Gasteiger partial charge < -0.3 is 0 Å². The normalized spacial score (nSPS) is 10.6. The number of hydrogen-bond donors (Lipinski definition) is 0. The molecule has 0 spiro atoms. The van der Waals surface area contributed by atoms with Gasteiger partial charge in [-0.15, -0.1) is 0 Å². The number of benzene rings is 1. The van der Waals surface area contributed by atoms with Crippen LogP contribution >= 0.6 is 0 Å². The second kappa shape index (κ2) is 5.70. The molecule has 4 heteroatoms. The second-order valence-electron chi connectivity index (χ2n) is 5.30. The van der Waals surface area contributed by atoms with Crippen LogP contribution in [0.5, 0.6) is 0 Å². The molecule has 0 atom stereocenters. The van der Waals surface area contributed by atoms with E-state index in [1.54, 1.807) is 6.07 Å². The number of aryl methyl sites for hydroxylation is 1. The Morgan fingerprint density at radius 1 is 1.30 bits per heavy atom. The lowest BCUT2D eigenvalue weighted by Gasteiger charge is -2.10. The molecule has 0 amide bonds. The first-order valence-electron chi connectivity index (χ1n) is 6.60. The van der Waals surface area contributed by atoms with Gasteiger partial charge in [-0.3, -0.25) is 4.79 Å². The Morgan fingerprint density at radius 2 is 1.95 bits per heavy atom. The average molecular weight is 267 g/mol. The molecule has 0 aliphatic heterocycles. The zero-order chi connectivity index (χ0) is 14.7. The SMILES string of the molecule is Cc1ccc(-c2cc(C#N)c(=O)n(CC(C)C)n2)cc1. The highest BCUT2D eigenvalue weighted by Gasteiger charge is 2.10. The third-order valence-electron chi connectivity index (χ3n) is 2.98. The van der Waals surface area contributed by atoms with Crippen LogP contribution in [0.15, 0.2) is 35.1 Å². The van der Waals surface area contributed by atoms with Gasteiger partial charge in [0.25, 0.3) is 5.56 Å². The van der Waals surface area contributed by atoms with Crippen LogP contribution in [0.1, 0.15) is 25.0 Å². The van der Waals surface area contributed by atoms with E-state index in [9.17, 15) is 4.79 Å². The molecule has 20 heavy (non-hydrogen) atoms. The maximum atomic E-state index is 12.1. The summed E-state index contributed by atoms with van der Waals surface area (Å²) < 4.78 is 1.39. The Balaban J connectivity index is 2.57. The predicted octanol–water partition coefficient (Wildman–Crippen LogP) is 2.75. The lowest BCUT2D eigenvalue weighted by Crippen LogP contribution is -2.27. The van der Waals surface area contributed by atoms with Gasteiger partial charge in [-0.05, 0) is 18.9 Å². The summed E-state index contributed by atoms with van der Waals surface area (Å²) in [6.45, 7) is 6.54. The Hall–Kier alpha value is -2.41. The number of nitriles is 1. The van der Waals surface area contributed by atoms with Crippen LogP contribution in [0.3, 0.4) is 0 Å². The molecule has 0 aliphatic rings. The molecule has 0 aliphatic carbocycles. The summed E-state index contributed by atoms with van der Waals surface area (Å²) in [5, 5.41) is 13.5. The molecule has 0 radical (unpaired) electrons. The molecule has 0 fully saturated rings. The Kier molecular flexibility index (Phi) is 3.99. The Labute approximate surface area is 118 Å². The first-order chi connectivity index (χ1) is 9.51. The first kappa shape index (κ1) is 14.0. The van der Waals surface area contributed by atoms with Crippen LogP contribution in [0.25, 0.3) is 11.3 Å². The number of rotatable bonds is 3. The van der Waals surface area contributed by atoms with Crippen molar-refractivity contribution in [2.24, 2.45) is 5.92 Å². The minimum atomic E-state index is -0.322. The number of hydrogen-bond acceptors (Lipinski definition) is 3. The van der Waals surface area contributed by atoms with Gasteiger partial charge in [0.15, 0.2) is 0 Å². The highest BCUT2D eigenvalue weighted by atomic mass is 16.1. The predicted molar refractivity (Wildman–Crippen MR) is 78.2 cm³/mol. The summed E-state index contributed by atoms with van der Waals surface area (Å²) in [6.07, 6.45) is 0. The van der Waals surface area contributed by atoms with Gasteiger partial charge in [-0.2, -0.15) is 10.4 Å². The summed E-state index contributed by atoms with van der Waals surface area (Å²) in [5.41, 5.74) is 2.53. The molecule has 0 N–H and O–H groups in total. The zero-order valence-electron chi connectivity index (χ0n) is 11.9. The van der Waals surface area contributed by atoms with Gasteiger partial charge in [-0.25, -0.2) is 4.68 Å². The van der Waals surface area contributed by atoms with Gasteiger partial charge in [0.1, 0.15) is 11.6 Å². The van der Waals surface area contributed by atoms with E-state index in [0.29, 0.717) is 18.2 Å². The lowest BCUT2D eigenvalue weighted by atomic mass is 10.1. The van der Waals surface area contributed by atoms with E-state index in [1.165, 1.54) is 4.68 Å². The molecule has 1 heterocycles. The standard InChI is InChI=1S/C16H17N3O/c1-11(2)10-19-16(20)14(9-17)8-15(18-19)13-6-4-12(3)5-7-13/h4-8,11H,10H2,1-3H3. The van der Waals surface area contributed by atoms with Crippen LogP contribution in [-0.2, 0) is 6.54 Å². The van der Waals surface area contributed by atoms with Crippen LogP contribution in [0.4, 0.5) is 0 Å². The smallest absolute Gasteiger partial charge is 0.266 e. The largest absolute Gasteiger partial charge is 0.284 e. The van der Waals surface area contributed by atoms with Gasteiger partial charge in [0, 0.05) is 12.1 Å². The van der Waals surface area contributed by atoms with E-state index >= 15 is 0 Å². The minimum Gasteiger partial charge on any atom is -0.266 e. The summed E-state index contributed by atoms with van der Waals surface area (Å²) in [6, 6.07) is 11.4. The molecule has 4 nitrogen and oxygen atoms in total. The highest BCUT2D eigenvalue weighted by molar-refractivity contribution is 5.60. The third kappa shape index (κ3) is 2.94. The fourth-order valence-electron chi connectivity index (χ4n) is 1.96. The van der Waals surface area contributed by atoms with Crippen molar-refractivity contribution in [3.05, 3.63) is 51.8 Å². The topological polar surface area (TPSA) is 58.7 Å². The van der Waals surface area contributed by atoms with Crippen molar-refractivity contribution in [2.75, 3.05) is 0 Å². The van der Waals surface area contributed by atoms with Crippen LogP contribution in [-0.4, -0.2) is 9.78 Å². The third-order valence-corrected chi connectivity index (χ3v) is 2.98. The molecule has 2 aromatic rings. The molecule has 0 saturated carbocycles. The summed E-state index contributed by atoms with van der Waals surface area (Å²) >= 11 is 0. The van der Waals surface area contributed by atoms with Crippen molar-refractivity contribution in [1.82, 2.24) is 9.78 Å². The average Bonchev–Trinajstić information content (AvgIpc) is 2.41. The summed E-state index contributed by atoms with van der Waals surface area (Å²) in [4.78, 5) is 12.1. The van der Waals surface area contributed by atoms with E-state index in [0.717, 1.165) is 11.1 Å². The van der Waals surface area contributed by atoms with Crippen molar-refractivity contribution in [2.45, 2.75) is 27.3 Å². The van der Waals surface area contributed by atoms with Crippen molar-refractivity contribution < 1.29 is 0 Å². The number of aromatic nitrogens is 2. The van der Waals surface area contributed by atoms with Gasteiger partial charge in [-0.1, -0.05) is 43.7 Å². The molecular formula is C16H17N3O. The molecule has 102 valence electrons. The van der Waals surface area contributed by atoms with E-state index in [-0.39, 0.29) is 11.1 Å². The van der Waals surface area contributed by atoms with Crippen molar-refractivity contribution in [3.8, 4) is 17.3 Å². The summed E-state index contributed by atoms with van der Waals surface area (Å²) in [7, 11) is 0. The molecular weight excluding hydrogens is 250 g/mol. The lowest BCUT2D eigenvalue weighted by molar-refractivity contribution is 0.464. The van der Waals surface area contributed by atoms with Crippen molar-refractivity contribution in [1.29, 1.82) is 5.26 Å². The molecule has 1 aromatic carbocycles. The molecule has 0 bridgehead atoms. The van der Waals surface area contributed by atoms with Crippen molar-refractivity contribution >= 4 is 0 Å². The second-order valence-corrected chi connectivity index (χ2v) is 5.30. The van der Waals surface area contributed by atoms with Crippen LogP contribution in [0.2, 0.25) is 0 Å². The minimum absolute atomic E-state index is 0.135. The van der Waals surface area contributed by atoms with E-state index in [2.05, 4.69) is 5.10 Å². The zero-order valence-corrected chi connectivity index (χ0v) is 11.9. The van der Waals surface area contributed by atoms with Gasteiger partial charge >= 0.3 is 0 Å². The highest BCUT2D eigenvalue weighted by Crippen LogP contribution is 2.17. The number of nitrogens with zero attached hydrogens (tertiary/aromatic N) is 3. The fourth-order valence-corrected chi connectivity index (χ4v) is 1.96. The molecule has 0 saturated heterocycles. The van der Waals surface area contributed by atoms with Crippen molar-refractivity contribution in [3.63, 3.8) is 0 Å². The van der Waals surface area contributed by atoms with Gasteiger partial charge in [0.05, 0.1) is 5.69 Å². The Morgan fingerprint density at radius 3 is 2.50 bits per heavy atom. The first-order valence-corrected chi connectivity index (χ1v) is 6.60. The molecule has 1 aromatic heterocycles.